The summed E-state index contributed by atoms with van der Waals surface area (Å²) in [5.41, 5.74) is 2.58. The van der Waals surface area contributed by atoms with Gasteiger partial charge in [-0.15, -0.1) is 11.6 Å². The molecule has 0 unspecified atom stereocenters. The molecular weight excluding hydrogens is 311 g/mol. The summed E-state index contributed by atoms with van der Waals surface area (Å²) in [5.74, 6) is 1.80. The predicted molar refractivity (Wildman–Crippen MR) is 84.5 cm³/mol. The fourth-order valence-electron chi connectivity index (χ4n) is 2.06. The lowest BCUT2D eigenvalue weighted by molar-refractivity contribution is 0.288. The minimum absolute atomic E-state index is 0.338. The molecule has 0 saturated heterocycles. The van der Waals surface area contributed by atoms with Crippen molar-refractivity contribution in [3.8, 4) is 11.5 Å². The van der Waals surface area contributed by atoms with Gasteiger partial charge in [-0.1, -0.05) is 17.7 Å². The van der Waals surface area contributed by atoms with Gasteiger partial charge in [0.25, 0.3) is 0 Å². The van der Waals surface area contributed by atoms with Crippen molar-refractivity contribution >= 4 is 23.2 Å². The van der Waals surface area contributed by atoms with Crippen LogP contribution in [0.15, 0.2) is 18.2 Å². The lowest BCUT2D eigenvalue weighted by atomic mass is 10.2. The summed E-state index contributed by atoms with van der Waals surface area (Å²) in [4.78, 5) is 0. The Morgan fingerprint density at radius 3 is 2.71 bits per heavy atom. The molecule has 0 amide bonds. The predicted octanol–water partition coefficient (Wildman–Crippen LogP) is 4.19. The largest absolute Gasteiger partial charge is 0.497 e. The lowest BCUT2D eigenvalue weighted by Crippen LogP contribution is -2.07. The topological polar surface area (TPSA) is 36.3 Å². The minimum Gasteiger partial charge on any atom is -0.497 e. The van der Waals surface area contributed by atoms with E-state index in [1.54, 1.807) is 7.11 Å². The van der Waals surface area contributed by atoms with Crippen LogP contribution < -0.4 is 9.47 Å². The summed E-state index contributed by atoms with van der Waals surface area (Å²) in [5, 5.41) is 5.02. The number of halogens is 2. The van der Waals surface area contributed by atoms with Gasteiger partial charge in [-0.3, -0.25) is 4.68 Å². The molecule has 0 aliphatic heterocycles. The molecule has 1 aromatic heterocycles. The van der Waals surface area contributed by atoms with E-state index in [1.807, 2.05) is 36.7 Å². The van der Waals surface area contributed by atoms with Gasteiger partial charge in [0.15, 0.2) is 0 Å². The van der Waals surface area contributed by atoms with E-state index in [4.69, 9.17) is 32.7 Å². The maximum absolute atomic E-state index is 6.28. The molecule has 2 aromatic rings. The molecule has 2 rings (SSSR count). The van der Waals surface area contributed by atoms with Gasteiger partial charge >= 0.3 is 0 Å². The highest BCUT2D eigenvalue weighted by atomic mass is 35.5. The average Bonchev–Trinajstić information content (AvgIpc) is 2.79. The smallest absolute Gasteiger partial charge is 0.131 e. The van der Waals surface area contributed by atoms with Gasteiger partial charge in [0.05, 0.1) is 29.4 Å². The summed E-state index contributed by atoms with van der Waals surface area (Å²) in [6, 6.07) is 5.58. The molecule has 114 valence electrons. The molecule has 0 radical (unpaired) electrons. The minimum atomic E-state index is 0.338. The Labute approximate surface area is 134 Å². The molecule has 0 aliphatic carbocycles. The summed E-state index contributed by atoms with van der Waals surface area (Å²) in [6.07, 6.45) is 0. The average molecular weight is 329 g/mol. The Bertz CT molecular complexity index is 626. The van der Waals surface area contributed by atoms with Crippen molar-refractivity contribution in [1.29, 1.82) is 0 Å². The van der Waals surface area contributed by atoms with Crippen LogP contribution in [0.5, 0.6) is 11.5 Å². The Morgan fingerprint density at radius 2 is 2.10 bits per heavy atom. The number of ether oxygens (including phenoxy) is 2. The molecule has 1 heterocycles. The van der Waals surface area contributed by atoms with Crippen molar-refractivity contribution in [3.05, 3.63) is 40.2 Å². The molecule has 0 bridgehead atoms. The van der Waals surface area contributed by atoms with Crippen molar-refractivity contribution < 1.29 is 9.47 Å². The third kappa shape index (κ3) is 3.44. The summed E-state index contributed by atoms with van der Waals surface area (Å²) < 4.78 is 12.9. The third-order valence-electron chi connectivity index (χ3n) is 3.24. The molecule has 0 fully saturated rings. The van der Waals surface area contributed by atoms with Crippen molar-refractivity contribution in [1.82, 2.24) is 9.78 Å². The quantitative estimate of drug-likeness (QED) is 0.746. The van der Waals surface area contributed by atoms with Crippen LogP contribution in [-0.4, -0.2) is 16.9 Å². The number of hydrogen-bond acceptors (Lipinski definition) is 3. The zero-order chi connectivity index (χ0) is 15.4. The number of benzene rings is 1. The zero-order valence-corrected chi connectivity index (χ0v) is 13.8. The van der Waals surface area contributed by atoms with E-state index in [2.05, 4.69) is 5.10 Å². The van der Waals surface area contributed by atoms with Crippen LogP contribution in [-0.2, 0) is 19.0 Å². The van der Waals surface area contributed by atoms with Gasteiger partial charge in [0.1, 0.15) is 18.1 Å². The highest BCUT2D eigenvalue weighted by Crippen LogP contribution is 2.28. The second-order valence-corrected chi connectivity index (χ2v) is 5.20. The normalized spacial score (nSPS) is 10.7. The maximum Gasteiger partial charge on any atom is 0.131 e. The first-order valence-corrected chi connectivity index (χ1v) is 7.59. The number of rotatable bonds is 6. The van der Waals surface area contributed by atoms with E-state index in [9.17, 15) is 0 Å². The molecule has 4 nitrogen and oxygen atoms in total. The molecule has 1 aromatic carbocycles. The van der Waals surface area contributed by atoms with E-state index < -0.39 is 0 Å². The van der Waals surface area contributed by atoms with E-state index in [0.29, 0.717) is 23.3 Å². The van der Waals surface area contributed by atoms with Crippen LogP contribution in [0.2, 0.25) is 5.02 Å². The van der Waals surface area contributed by atoms with E-state index in [-0.39, 0.29) is 0 Å². The fourth-order valence-corrected chi connectivity index (χ4v) is 2.47. The van der Waals surface area contributed by atoms with Crippen molar-refractivity contribution in [2.75, 3.05) is 7.11 Å². The zero-order valence-electron chi connectivity index (χ0n) is 12.3. The van der Waals surface area contributed by atoms with Gasteiger partial charge in [-0.05, 0) is 19.9 Å². The first kappa shape index (κ1) is 16.0. The molecule has 0 N–H and O–H groups in total. The van der Waals surface area contributed by atoms with Gasteiger partial charge in [-0.25, -0.2) is 0 Å². The van der Waals surface area contributed by atoms with Crippen LogP contribution in [0.4, 0.5) is 0 Å². The second-order valence-electron chi connectivity index (χ2n) is 4.56. The van der Waals surface area contributed by atoms with Crippen LogP contribution in [0.1, 0.15) is 23.9 Å². The third-order valence-corrected chi connectivity index (χ3v) is 4.02. The van der Waals surface area contributed by atoms with Crippen molar-refractivity contribution in [3.63, 3.8) is 0 Å². The number of nitrogens with zero attached hydrogens (tertiary/aromatic N) is 2. The van der Waals surface area contributed by atoms with Crippen molar-refractivity contribution in [2.45, 2.75) is 32.9 Å². The standard InChI is InChI=1S/C15H18Cl2N2O2/c1-4-19-13(15(17)10(2)18-19)9-21-14-7-12(20-3)6-5-11(14)8-16/h5-7H,4,8-9H2,1-3H3. The SMILES string of the molecule is CCn1nc(C)c(Cl)c1COc1cc(OC)ccc1CCl. The molecule has 0 aliphatic rings. The number of aryl methyl sites for hydroxylation is 2. The Kier molecular flexibility index (Phi) is 5.37. The molecule has 0 atom stereocenters. The van der Waals surface area contributed by atoms with E-state index in [1.165, 1.54) is 0 Å². The molecular formula is C15H18Cl2N2O2. The monoisotopic (exact) mass is 328 g/mol. The van der Waals surface area contributed by atoms with Crippen molar-refractivity contribution in [2.24, 2.45) is 0 Å². The molecule has 0 saturated carbocycles. The van der Waals surface area contributed by atoms with Gasteiger partial charge in [0.2, 0.25) is 0 Å². The molecule has 21 heavy (non-hydrogen) atoms. The first-order valence-electron chi connectivity index (χ1n) is 6.68. The van der Waals surface area contributed by atoms with Crippen LogP contribution in [0.25, 0.3) is 0 Å². The first-order chi connectivity index (χ1) is 10.1. The Balaban J connectivity index is 2.23. The van der Waals surface area contributed by atoms with Gasteiger partial charge in [-0.2, -0.15) is 5.10 Å². The van der Waals surface area contributed by atoms with Crippen LogP contribution >= 0.6 is 23.2 Å². The molecule has 6 heteroatoms. The number of methoxy groups -OCH3 is 1. The maximum atomic E-state index is 6.28. The van der Waals surface area contributed by atoms with E-state index in [0.717, 1.165) is 29.2 Å². The Hall–Kier alpha value is -1.39. The van der Waals surface area contributed by atoms with Crippen LogP contribution in [0, 0.1) is 6.92 Å². The Morgan fingerprint density at radius 1 is 1.33 bits per heavy atom. The summed E-state index contributed by atoms with van der Waals surface area (Å²) in [6.45, 7) is 4.98. The highest BCUT2D eigenvalue weighted by molar-refractivity contribution is 6.31. The number of hydrogen-bond donors (Lipinski definition) is 0. The molecule has 0 spiro atoms. The number of alkyl halides is 1. The van der Waals surface area contributed by atoms with E-state index >= 15 is 0 Å². The fraction of sp³-hybridized carbons (Fsp3) is 0.400. The van der Waals surface area contributed by atoms with Gasteiger partial charge < -0.3 is 9.47 Å². The second kappa shape index (κ2) is 7.05. The summed E-state index contributed by atoms with van der Waals surface area (Å²) >= 11 is 12.2. The highest BCUT2D eigenvalue weighted by Gasteiger charge is 2.14. The van der Waals surface area contributed by atoms with Gasteiger partial charge in [0, 0.05) is 18.2 Å². The summed E-state index contributed by atoms with van der Waals surface area (Å²) in [7, 11) is 1.62. The lowest BCUT2D eigenvalue weighted by Gasteiger charge is -2.12. The van der Waals surface area contributed by atoms with Crippen LogP contribution in [0.3, 0.4) is 0 Å². The number of aromatic nitrogens is 2.